The lowest BCUT2D eigenvalue weighted by molar-refractivity contribution is -0.140. The van der Waals surface area contributed by atoms with E-state index in [9.17, 15) is 9.59 Å². The van der Waals surface area contributed by atoms with E-state index >= 15 is 0 Å². The van der Waals surface area contributed by atoms with E-state index in [1.54, 1.807) is 10.9 Å². The van der Waals surface area contributed by atoms with Crippen molar-refractivity contribution in [2.45, 2.75) is 25.8 Å². The minimum atomic E-state index is -0.332. The zero-order valence-electron chi connectivity index (χ0n) is 12.7. The highest BCUT2D eigenvalue weighted by molar-refractivity contribution is 7.15. The van der Waals surface area contributed by atoms with Gasteiger partial charge in [0.25, 0.3) is 0 Å². The molecule has 0 saturated heterocycles. The first-order chi connectivity index (χ1) is 11.2. The molecule has 0 aliphatic rings. The van der Waals surface area contributed by atoms with Crippen LogP contribution in [0.3, 0.4) is 0 Å². The molecule has 0 saturated carbocycles. The fourth-order valence-electron chi connectivity index (χ4n) is 1.73. The van der Waals surface area contributed by atoms with Gasteiger partial charge in [-0.05, 0) is 12.5 Å². The number of esters is 1. The number of aromatic nitrogens is 4. The maximum atomic E-state index is 11.7. The number of amides is 2. The van der Waals surface area contributed by atoms with Crippen molar-refractivity contribution in [2.24, 2.45) is 0 Å². The van der Waals surface area contributed by atoms with Crippen LogP contribution in [0.1, 0.15) is 17.8 Å². The zero-order valence-corrected chi connectivity index (χ0v) is 13.5. The van der Waals surface area contributed by atoms with Crippen LogP contribution in [0, 0.1) is 0 Å². The molecule has 10 heteroatoms. The summed E-state index contributed by atoms with van der Waals surface area (Å²) < 4.78 is 6.36. The second kappa shape index (κ2) is 8.83. The normalized spacial score (nSPS) is 10.3. The first-order valence-corrected chi connectivity index (χ1v) is 7.90. The number of carbonyl (C=O) groups excluding carboxylic acids is 2. The van der Waals surface area contributed by atoms with Crippen LogP contribution in [0.25, 0.3) is 0 Å². The highest BCUT2D eigenvalue weighted by Crippen LogP contribution is 2.16. The van der Waals surface area contributed by atoms with Crippen LogP contribution in [0.15, 0.2) is 18.5 Å². The number of nitrogens with zero attached hydrogens (tertiary/aromatic N) is 4. The highest BCUT2D eigenvalue weighted by Gasteiger charge is 2.09. The molecule has 0 bridgehead atoms. The largest absolute Gasteiger partial charge is 0.469 e. The Bertz CT molecular complexity index is 627. The van der Waals surface area contributed by atoms with E-state index in [0.29, 0.717) is 23.1 Å². The van der Waals surface area contributed by atoms with Crippen LogP contribution in [-0.2, 0) is 22.5 Å². The van der Waals surface area contributed by atoms with Crippen LogP contribution in [0.5, 0.6) is 0 Å². The number of rotatable bonds is 8. The fourth-order valence-corrected chi connectivity index (χ4v) is 2.47. The highest BCUT2D eigenvalue weighted by atomic mass is 32.1. The number of carbonyl (C=O) groups is 2. The molecule has 124 valence electrons. The van der Waals surface area contributed by atoms with Gasteiger partial charge >= 0.3 is 12.0 Å². The van der Waals surface area contributed by atoms with Gasteiger partial charge in [-0.2, -0.15) is 5.10 Å². The monoisotopic (exact) mass is 338 g/mol. The van der Waals surface area contributed by atoms with E-state index in [2.05, 4.69) is 30.7 Å². The molecule has 0 spiro atoms. The molecule has 0 fully saturated rings. The maximum Gasteiger partial charge on any atom is 0.321 e. The molecule has 2 aromatic heterocycles. The van der Waals surface area contributed by atoms with Crippen molar-refractivity contribution in [1.29, 1.82) is 0 Å². The van der Waals surface area contributed by atoms with E-state index in [-0.39, 0.29) is 18.4 Å². The molecule has 2 heterocycles. The van der Waals surface area contributed by atoms with Crippen molar-refractivity contribution in [3.63, 3.8) is 0 Å². The van der Waals surface area contributed by atoms with Gasteiger partial charge in [0, 0.05) is 31.9 Å². The third-order valence-corrected chi connectivity index (χ3v) is 3.77. The molecule has 23 heavy (non-hydrogen) atoms. The first kappa shape index (κ1) is 16.9. The Balaban J connectivity index is 1.64. The fraction of sp³-hybridized carbons (Fsp3) is 0.462. The molecule has 2 amide bonds. The SMILES string of the molecule is COC(=O)CCc1nnc(NC(=O)NCCCn2cccn2)s1. The van der Waals surface area contributed by atoms with Crippen molar-refractivity contribution in [3.8, 4) is 0 Å². The topological polar surface area (TPSA) is 111 Å². The second-order valence-corrected chi connectivity index (χ2v) is 5.64. The smallest absolute Gasteiger partial charge is 0.321 e. The van der Waals surface area contributed by atoms with Crippen molar-refractivity contribution in [3.05, 3.63) is 23.5 Å². The molecule has 0 unspecified atom stereocenters. The van der Waals surface area contributed by atoms with Crippen LogP contribution >= 0.6 is 11.3 Å². The number of hydrogen-bond acceptors (Lipinski definition) is 7. The predicted molar refractivity (Wildman–Crippen MR) is 84.1 cm³/mol. The summed E-state index contributed by atoms with van der Waals surface area (Å²) in [5.41, 5.74) is 0. The zero-order chi connectivity index (χ0) is 16.5. The van der Waals surface area contributed by atoms with Gasteiger partial charge in [-0.1, -0.05) is 11.3 Å². The van der Waals surface area contributed by atoms with Gasteiger partial charge in [-0.25, -0.2) is 4.79 Å². The van der Waals surface area contributed by atoms with Gasteiger partial charge in [0.1, 0.15) is 5.01 Å². The number of ether oxygens (including phenoxy) is 1. The van der Waals surface area contributed by atoms with Crippen LogP contribution in [0.2, 0.25) is 0 Å². The van der Waals surface area contributed by atoms with Crippen molar-refractivity contribution in [1.82, 2.24) is 25.3 Å². The van der Waals surface area contributed by atoms with Crippen molar-refractivity contribution in [2.75, 3.05) is 19.0 Å². The van der Waals surface area contributed by atoms with E-state index in [0.717, 1.165) is 13.0 Å². The lowest BCUT2D eigenvalue weighted by atomic mass is 10.3. The van der Waals surface area contributed by atoms with E-state index in [4.69, 9.17) is 0 Å². The predicted octanol–water partition coefficient (Wildman–Crippen LogP) is 1.05. The molecule has 0 radical (unpaired) electrons. The van der Waals surface area contributed by atoms with Gasteiger partial charge in [0.15, 0.2) is 0 Å². The van der Waals surface area contributed by atoms with Crippen LogP contribution in [-0.4, -0.2) is 45.6 Å². The lowest BCUT2D eigenvalue weighted by Gasteiger charge is -2.05. The van der Waals surface area contributed by atoms with E-state index in [1.807, 2.05) is 12.3 Å². The first-order valence-electron chi connectivity index (χ1n) is 7.09. The molecule has 0 aliphatic carbocycles. The molecule has 0 aliphatic heterocycles. The molecule has 0 aromatic carbocycles. The Labute approximate surface area is 137 Å². The quantitative estimate of drug-likeness (QED) is 0.550. The lowest BCUT2D eigenvalue weighted by Crippen LogP contribution is -2.30. The Morgan fingerprint density at radius 3 is 3.00 bits per heavy atom. The third kappa shape index (κ3) is 6.02. The Morgan fingerprint density at radius 2 is 2.26 bits per heavy atom. The van der Waals surface area contributed by atoms with Crippen molar-refractivity contribution < 1.29 is 14.3 Å². The number of anilines is 1. The summed E-state index contributed by atoms with van der Waals surface area (Å²) in [4.78, 5) is 22.8. The molecule has 9 nitrogen and oxygen atoms in total. The molecular formula is C13H18N6O3S. The summed E-state index contributed by atoms with van der Waals surface area (Å²) >= 11 is 1.23. The van der Waals surface area contributed by atoms with Crippen LogP contribution in [0.4, 0.5) is 9.93 Å². The summed E-state index contributed by atoms with van der Waals surface area (Å²) in [6.07, 6.45) is 5.04. The minimum Gasteiger partial charge on any atom is -0.469 e. The average molecular weight is 338 g/mol. The number of urea groups is 1. The number of nitrogens with one attached hydrogen (secondary N) is 2. The second-order valence-electron chi connectivity index (χ2n) is 4.58. The molecule has 0 atom stereocenters. The Kier molecular flexibility index (Phi) is 6.48. The van der Waals surface area contributed by atoms with Gasteiger partial charge in [-0.15, -0.1) is 10.2 Å². The summed E-state index contributed by atoms with van der Waals surface area (Å²) in [6.45, 7) is 1.27. The number of methoxy groups -OCH3 is 1. The Morgan fingerprint density at radius 1 is 1.39 bits per heavy atom. The Hall–Kier alpha value is -2.49. The molecule has 2 rings (SSSR count). The molecular weight excluding hydrogens is 320 g/mol. The van der Waals surface area contributed by atoms with Gasteiger partial charge in [0.2, 0.25) is 5.13 Å². The standard InChI is InChI=1S/C13H18N6O3S/c1-22-11(20)5-4-10-17-18-13(23-10)16-12(21)14-6-2-8-19-9-3-7-15-19/h3,7,9H,2,4-6,8H2,1H3,(H2,14,16,18,21). The summed E-state index contributed by atoms with van der Waals surface area (Å²) in [5.74, 6) is -0.301. The van der Waals surface area contributed by atoms with E-state index < -0.39 is 0 Å². The van der Waals surface area contributed by atoms with Crippen molar-refractivity contribution >= 4 is 28.5 Å². The van der Waals surface area contributed by atoms with Gasteiger partial charge in [-0.3, -0.25) is 14.8 Å². The number of hydrogen-bond donors (Lipinski definition) is 2. The summed E-state index contributed by atoms with van der Waals surface area (Å²) in [7, 11) is 1.34. The molecule has 2 aromatic rings. The summed E-state index contributed by atoms with van der Waals surface area (Å²) in [6, 6.07) is 1.52. The summed E-state index contributed by atoms with van der Waals surface area (Å²) in [5, 5.41) is 18.3. The average Bonchev–Trinajstić information content (AvgIpc) is 3.21. The minimum absolute atomic E-state index is 0.241. The third-order valence-electron chi connectivity index (χ3n) is 2.87. The number of aryl methyl sites for hydroxylation is 2. The van der Waals surface area contributed by atoms with Gasteiger partial charge in [0.05, 0.1) is 13.5 Å². The maximum absolute atomic E-state index is 11.7. The van der Waals surface area contributed by atoms with Crippen LogP contribution < -0.4 is 10.6 Å². The molecule has 2 N–H and O–H groups in total. The van der Waals surface area contributed by atoms with Gasteiger partial charge < -0.3 is 10.1 Å². The van der Waals surface area contributed by atoms with E-state index in [1.165, 1.54) is 18.4 Å².